The molecule has 0 spiro atoms. The zero-order valence-electron chi connectivity index (χ0n) is 11.5. The van der Waals surface area contributed by atoms with Gasteiger partial charge in [0.1, 0.15) is 0 Å². The third-order valence-corrected chi connectivity index (χ3v) is 4.01. The van der Waals surface area contributed by atoms with E-state index in [9.17, 15) is 4.79 Å². The van der Waals surface area contributed by atoms with Gasteiger partial charge >= 0.3 is 0 Å². The average Bonchev–Trinajstić information content (AvgIpc) is 2.54. The van der Waals surface area contributed by atoms with Crippen molar-refractivity contribution in [2.45, 2.75) is 6.54 Å². The Morgan fingerprint density at radius 3 is 2.76 bits per heavy atom. The number of hydrogen-bond donors (Lipinski definition) is 0. The molecule has 0 unspecified atom stereocenters. The Morgan fingerprint density at radius 2 is 1.81 bits per heavy atom. The zero-order chi connectivity index (χ0) is 14.2. The number of aromatic nitrogens is 1. The normalized spacial score (nSPS) is 14.3. The van der Waals surface area contributed by atoms with Crippen molar-refractivity contribution in [1.29, 1.82) is 0 Å². The van der Waals surface area contributed by atoms with Gasteiger partial charge < -0.3 is 4.90 Å². The molecule has 0 N–H and O–H groups in total. The van der Waals surface area contributed by atoms with Crippen molar-refractivity contribution in [3.63, 3.8) is 0 Å². The first kappa shape index (κ1) is 12.1. The molecule has 3 nitrogen and oxygen atoms in total. The highest BCUT2D eigenvalue weighted by molar-refractivity contribution is 6.03. The molecule has 21 heavy (non-hydrogen) atoms. The van der Waals surface area contributed by atoms with E-state index in [4.69, 9.17) is 0 Å². The van der Waals surface area contributed by atoms with E-state index in [1.54, 1.807) is 12.4 Å². The molecule has 0 fully saturated rings. The lowest BCUT2D eigenvalue weighted by Crippen LogP contribution is -2.35. The van der Waals surface area contributed by atoms with Crippen molar-refractivity contribution in [3.05, 3.63) is 72.1 Å². The molecule has 0 aliphatic carbocycles. The fraction of sp³-hybridized carbons (Fsp3) is 0.111. The largest absolute Gasteiger partial charge is 0.359 e. The number of Topliss-reactive ketones (excluding diaryl/α,β-unsaturated/α-hetero) is 1. The van der Waals surface area contributed by atoms with E-state index in [1.165, 1.54) is 10.8 Å². The molecule has 1 aliphatic heterocycles. The lowest BCUT2D eigenvalue weighted by Gasteiger charge is -2.30. The summed E-state index contributed by atoms with van der Waals surface area (Å²) in [6.07, 6.45) is 3.43. The van der Waals surface area contributed by atoms with Gasteiger partial charge in [0, 0.05) is 35.6 Å². The van der Waals surface area contributed by atoms with Crippen LogP contribution in [0.5, 0.6) is 0 Å². The zero-order valence-corrected chi connectivity index (χ0v) is 11.5. The van der Waals surface area contributed by atoms with Crippen LogP contribution in [-0.4, -0.2) is 17.3 Å². The van der Waals surface area contributed by atoms with Crippen LogP contribution in [0.4, 0.5) is 5.69 Å². The standard InChI is InChI=1S/C18H14N2O/c21-18-12-20(11-14-8-9-19-10-16(14)18)17-7-3-5-13-4-1-2-6-15(13)17/h1-10H,11-12H2. The van der Waals surface area contributed by atoms with Crippen LogP contribution in [0.1, 0.15) is 15.9 Å². The maximum absolute atomic E-state index is 12.3. The molecule has 0 saturated heterocycles. The number of carbonyl (C=O) groups excluding carboxylic acids is 1. The van der Waals surface area contributed by atoms with E-state index in [1.807, 2.05) is 24.3 Å². The van der Waals surface area contributed by atoms with E-state index in [2.05, 4.69) is 34.1 Å². The second-order valence-electron chi connectivity index (χ2n) is 5.31. The van der Waals surface area contributed by atoms with Gasteiger partial charge in [-0.05, 0) is 23.1 Å². The molecule has 0 amide bonds. The first-order valence-electron chi connectivity index (χ1n) is 7.02. The number of rotatable bonds is 1. The lowest BCUT2D eigenvalue weighted by atomic mass is 9.99. The number of fused-ring (bicyclic) bond motifs is 2. The molecule has 0 saturated carbocycles. The quantitative estimate of drug-likeness (QED) is 0.681. The minimum absolute atomic E-state index is 0.136. The molecular formula is C18H14N2O. The summed E-state index contributed by atoms with van der Waals surface area (Å²) in [6.45, 7) is 1.16. The van der Waals surface area contributed by atoms with Gasteiger partial charge in [-0.15, -0.1) is 0 Å². The molecule has 0 atom stereocenters. The number of nitrogens with zero attached hydrogens (tertiary/aromatic N) is 2. The third kappa shape index (κ3) is 1.98. The number of hydrogen-bond acceptors (Lipinski definition) is 3. The van der Waals surface area contributed by atoms with Crippen LogP contribution in [0.15, 0.2) is 60.9 Å². The van der Waals surface area contributed by atoms with Crippen LogP contribution in [-0.2, 0) is 6.54 Å². The van der Waals surface area contributed by atoms with Crippen molar-refractivity contribution in [1.82, 2.24) is 4.98 Å². The molecule has 0 bridgehead atoms. The van der Waals surface area contributed by atoms with Crippen molar-refractivity contribution in [2.75, 3.05) is 11.4 Å². The Balaban J connectivity index is 1.83. The molecule has 4 rings (SSSR count). The molecule has 1 aromatic heterocycles. The Bertz CT molecular complexity index is 836. The summed E-state index contributed by atoms with van der Waals surface area (Å²) in [4.78, 5) is 18.5. The highest BCUT2D eigenvalue weighted by Crippen LogP contribution is 2.30. The Hall–Kier alpha value is -2.68. The summed E-state index contributed by atoms with van der Waals surface area (Å²) in [7, 11) is 0. The Kier molecular flexibility index (Phi) is 2.71. The molecular weight excluding hydrogens is 260 g/mol. The average molecular weight is 274 g/mol. The summed E-state index contributed by atoms with van der Waals surface area (Å²) in [5.74, 6) is 0.136. The van der Waals surface area contributed by atoms with Gasteiger partial charge in [0.15, 0.2) is 5.78 Å². The number of anilines is 1. The maximum Gasteiger partial charge on any atom is 0.183 e. The van der Waals surface area contributed by atoms with Crippen LogP contribution in [0.3, 0.4) is 0 Å². The summed E-state index contributed by atoms with van der Waals surface area (Å²) in [5.41, 5.74) is 2.92. The van der Waals surface area contributed by atoms with Crippen LogP contribution in [0, 0.1) is 0 Å². The summed E-state index contributed by atoms with van der Waals surface area (Å²) < 4.78 is 0. The Labute approximate surface area is 122 Å². The molecule has 3 aromatic rings. The van der Waals surface area contributed by atoms with E-state index < -0.39 is 0 Å². The molecule has 2 aromatic carbocycles. The monoisotopic (exact) mass is 274 g/mol. The minimum Gasteiger partial charge on any atom is -0.359 e. The van der Waals surface area contributed by atoms with Gasteiger partial charge in [0.05, 0.1) is 6.54 Å². The SMILES string of the molecule is O=C1CN(c2cccc3ccccc23)Cc2ccncc21. The fourth-order valence-electron chi connectivity index (χ4n) is 2.99. The van der Waals surface area contributed by atoms with Gasteiger partial charge in [-0.3, -0.25) is 9.78 Å². The number of carbonyl (C=O) groups is 1. The van der Waals surface area contributed by atoms with Crippen molar-refractivity contribution in [3.8, 4) is 0 Å². The molecule has 2 heterocycles. The molecule has 102 valence electrons. The van der Waals surface area contributed by atoms with Crippen LogP contribution in [0.25, 0.3) is 10.8 Å². The number of ketones is 1. The lowest BCUT2D eigenvalue weighted by molar-refractivity contribution is 0.0992. The van der Waals surface area contributed by atoms with E-state index in [-0.39, 0.29) is 5.78 Å². The second-order valence-corrected chi connectivity index (χ2v) is 5.31. The predicted molar refractivity (Wildman–Crippen MR) is 83.6 cm³/mol. The number of benzene rings is 2. The first-order valence-corrected chi connectivity index (χ1v) is 7.02. The van der Waals surface area contributed by atoms with Crippen LogP contribution < -0.4 is 4.90 Å². The molecule has 1 aliphatic rings. The molecule has 3 heteroatoms. The highest BCUT2D eigenvalue weighted by Gasteiger charge is 2.24. The van der Waals surface area contributed by atoms with Crippen molar-refractivity contribution >= 4 is 22.2 Å². The van der Waals surface area contributed by atoms with E-state index in [0.29, 0.717) is 6.54 Å². The Morgan fingerprint density at radius 1 is 0.952 bits per heavy atom. The maximum atomic E-state index is 12.3. The van der Waals surface area contributed by atoms with Gasteiger partial charge in [-0.25, -0.2) is 0 Å². The number of pyridine rings is 1. The smallest absolute Gasteiger partial charge is 0.183 e. The fourth-order valence-corrected chi connectivity index (χ4v) is 2.99. The van der Waals surface area contributed by atoms with Gasteiger partial charge in [-0.2, -0.15) is 0 Å². The predicted octanol–water partition coefficient (Wildman–Crippen LogP) is 3.44. The van der Waals surface area contributed by atoms with Gasteiger partial charge in [-0.1, -0.05) is 36.4 Å². The summed E-state index contributed by atoms with van der Waals surface area (Å²) in [5, 5.41) is 2.38. The van der Waals surface area contributed by atoms with E-state index >= 15 is 0 Å². The highest BCUT2D eigenvalue weighted by atomic mass is 16.1. The summed E-state index contributed by atoms with van der Waals surface area (Å²) in [6, 6.07) is 16.4. The second kappa shape index (κ2) is 4.70. The summed E-state index contributed by atoms with van der Waals surface area (Å²) >= 11 is 0. The van der Waals surface area contributed by atoms with E-state index in [0.717, 1.165) is 23.4 Å². The minimum atomic E-state index is 0.136. The van der Waals surface area contributed by atoms with Gasteiger partial charge in [0.25, 0.3) is 0 Å². The van der Waals surface area contributed by atoms with Gasteiger partial charge in [0.2, 0.25) is 0 Å². The van der Waals surface area contributed by atoms with Crippen LogP contribution in [0.2, 0.25) is 0 Å². The van der Waals surface area contributed by atoms with Crippen LogP contribution >= 0.6 is 0 Å². The van der Waals surface area contributed by atoms with Crippen molar-refractivity contribution in [2.24, 2.45) is 0 Å². The molecule has 0 radical (unpaired) electrons. The topological polar surface area (TPSA) is 33.2 Å². The van der Waals surface area contributed by atoms with Crippen molar-refractivity contribution < 1.29 is 4.79 Å². The first-order chi connectivity index (χ1) is 10.3. The third-order valence-electron chi connectivity index (χ3n) is 4.01.